The van der Waals surface area contributed by atoms with Gasteiger partial charge >= 0.3 is 0 Å². The smallest absolute Gasteiger partial charge is 0.152 e. The standard InChI is InChI=1S/C17H14FN3O2.C13H21N3/c1-21(15-9-19-6-5-16(15)23-2)12-7-13-14(18)4-3-11(10-22)17(13)20-8-12;1-9-5-10(7-11(14)6-9)12-3-4-16-8-13(12)15-2/h3-10H,1-2H3;3-4,8-11,15H,5-7,14H2,1-2H3. The number of carbonyl (C=O) groups is 1. The molecule has 3 unspecified atom stereocenters. The van der Waals surface area contributed by atoms with Crippen LogP contribution >= 0.6 is 0 Å². The lowest BCUT2D eigenvalue weighted by molar-refractivity contribution is 0.112. The summed E-state index contributed by atoms with van der Waals surface area (Å²) in [5.74, 6) is 1.53. The Labute approximate surface area is 228 Å². The van der Waals surface area contributed by atoms with Gasteiger partial charge in [0, 0.05) is 49.5 Å². The fourth-order valence-corrected chi connectivity index (χ4v) is 5.29. The van der Waals surface area contributed by atoms with Crippen molar-refractivity contribution in [3.05, 3.63) is 78.3 Å². The number of methoxy groups -OCH3 is 1. The van der Waals surface area contributed by atoms with Crippen molar-refractivity contribution < 1.29 is 13.9 Å². The van der Waals surface area contributed by atoms with E-state index >= 15 is 0 Å². The monoisotopic (exact) mass is 530 g/mol. The fourth-order valence-electron chi connectivity index (χ4n) is 5.29. The molecule has 4 aromatic rings. The molecule has 3 atom stereocenters. The summed E-state index contributed by atoms with van der Waals surface area (Å²) in [6.45, 7) is 2.30. The predicted molar refractivity (Wildman–Crippen MR) is 153 cm³/mol. The molecular formula is C30H35FN6O2. The summed E-state index contributed by atoms with van der Waals surface area (Å²) in [6, 6.07) is 8.56. The summed E-state index contributed by atoms with van der Waals surface area (Å²) in [6.07, 6.45) is 12.8. The van der Waals surface area contributed by atoms with Gasteiger partial charge < -0.3 is 20.7 Å². The molecule has 0 radical (unpaired) electrons. The molecule has 8 nitrogen and oxygen atoms in total. The number of fused-ring (bicyclic) bond motifs is 1. The largest absolute Gasteiger partial charge is 0.494 e. The molecule has 3 aromatic heterocycles. The number of benzene rings is 1. The predicted octanol–water partition coefficient (Wildman–Crippen LogP) is 5.71. The SMILES string of the molecule is CNc1cnccc1C1CC(C)CC(N)C1.COc1ccncc1N(C)c1cnc2c(C=O)ccc(F)c2c1. The van der Waals surface area contributed by atoms with Gasteiger partial charge in [-0.05, 0) is 60.9 Å². The van der Waals surface area contributed by atoms with Crippen LogP contribution in [0.15, 0.2) is 61.3 Å². The molecule has 0 amide bonds. The lowest BCUT2D eigenvalue weighted by Gasteiger charge is -2.32. The summed E-state index contributed by atoms with van der Waals surface area (Å²) in [5.41, 5.74) is 10.7. The van der Waals surface area contributed by atoms with E-state index in [4.69, 9.17) is 10.5 Å². The maximum atomic E-state index is 14.1. The molecule has 5 rings (SSSR count). The Morgan fingerprint density at radius 3 is 2.59 bits per heavy atom. The second-order valence-electron chi connectivity index (χ2n) is 9.93. The molecule has 1 aliphatic rings. The molecule has 39 heavy (non-hydrogen) atoms. The number of aldehydes is 1. The molecule has 1 fully saturated rings. The van der Waals surface area contributed by atoms with Crippen molar-refractivity contribution in [1.29, 1.82) is 0 Å². The van der Waals surface area contributed by atoms with Gasteiger partial charge in [0.15, 0.2) is 6.29 Å². The first-order chi connectivity index (χ1) is 18.9. The third-order valence-electron chi connectivity index (χ3n) is 7.21. The number of ether oxygens (including phenoxy) is 1. The Balaban J connectivity index is 0.000000193. The number of rotatable bonds is 6. The van der Waals surface area contributed by atoms with E-state index < -0.39 is 5.82 Å². The van der Waals surface area contributed by atoms with Crippen LogP contribution in [0.1, 0.15) is 48.0 Å². The molecule has 204 valence electrons. The number of pyridine rings is 3. The van der Waals surface area contributed by atoms with Crippen LogP contribution in [0.5, 0.6) is 5.75 Å². The number of hydrogen-bond donors (Lipinski definition) is 2. The normalized spacial score (nSPS) is 18.6. The maximum Gasteiger partial charge on any atom is 0.152 e. The van der Waals surface area contributed by atoms with Gasteiger partial charge in [-0.15, -0.1) is 0 Å². The van der Waals surface area contributed by atoms with Gasteiger partial charge in [-0.25, -0.2) is 4.39 Å². The van der Waals surface area contributed by atoms with Crippen molar-refractivity contribution >= 4 is 34.3 Å². The van der Waals surface area contributed by atoms with Crippen LogP contribution in [0.4, 0.5) is 21.5 Å². The third kappa shape index (κ3) is 6.31. The third-order valence-corrected chi connectivity index (χ3v) is 7.21. The van der Waals surface area contributed by atoms with Gasteiger partial charge in [0.25, 0.3) is 0 Å². The van der Waals surface area contributed by atoms with Crippen molar-refractivity contribution in [2.75, 3.05) is 31.4 Å². The van der Waals surface area contributed by atoms with Crippen LogP contribution in [0.3, 0.4) is 0 Å². The second kappa shape index (κ2) is 12.6. The summed E-state index contributed by atoms with van der Waals surface area (Å²) in [7, 11) is 5.33. The van der Waals surface area contributed by atoms with E-state index in [0.717, 1.165) is 30.1 Å². The Morgan fingerprint density at radius 2 is 1.87 bits per heavy atom. The van der Waals surface area contributed by atoms with E-state index in [0.29, 0.717) is 46.1 Å². The average Bonchev–Trinajstić information content (AvgIpc) is 2.96. The summed E-state index contributed by atoms with van der Waals surface area (Å²) >= 11 is 0. The van der Waals surface area contributed by atoms with Crippen LogP contribution in [0.25, 0.3) is 10.9 Å². The zero-order valence-electron chi connectivity index (χ0n) is 22.8. The average molecular weight is 531 g/mol. The lowest BCUT2D eigenvalue weighted by atomic mass is 9.76. The van der Waals surface area contributed by atoms with Crippen molar-refractivity contribution in [3.8, 4) is 5.75 Å². The summed E-state index contributed by atoms with van der Waals surface area (Å²) < 4.78 is 19.4. The highest BCUT2D eigenvalue weighted by molar-refractivity contribution is 5.97. The topological polar surface area (TPSA) is 106 Å². The van der Waals surface area contributed by atoms with Gasteiger partial charge in [0.1, 0.15) is 17.3 Å². The van der Waals surface area contributed by atoms with E-state index in [2.05, 4.69) is 33.3 Å². The number of nitrogens with two attached hydrogens (primary N) is 1. The van der Waals surface area contributed by atoms with Crippen LogP contribution in [-0.2, 0) is 0 Å². The zero-order chi connectivity index (χ0) is 27.9. The van der Waals surface area contributed by atoms with Gasteiger partial charge in [-0.1, -0.05) is 6.92 Å². The molecule has 1 saturated carbocycles. The molecule has 0 bridgehead atoms. The first kappa shape index (κ1) is 27.9. The maximum absolute atomic E-state index is 14.1. The van der Waals surface area contributed by atoms with Crippen LogP contribution < -0.4 is 20.7 Å². The minimum Gasteiger partial charge on any atom is -0.494 e. The van der Waals surface area contributed by atoms with E-state index in [-0.39, 0.29) is 0 Å². The number of hydrogen-bond acceptors (Lipinski definition) is 8. The highest BCUT2D eigenvalue weighted by Gasteiger charge is 2.26. The highest BCUT2D eigenvalue weighted by Crippen LogP contribution is 2.38. The first-order valence-corrected chi connectivity index (χ1v) is 13.0. The van der Waals surface area contributed by atoms with Crippen molar-refractivity contribution in [1.82, 2.24) is 15.0 Å². The number of anilines is 3. The van der Waals surface area contributed by atoms with Crippen LogP contribution in [0, 0.1) is 11.7 Å². The molecule has 3 N–H and O–H groups in total. The van der Waals surface area contributed by atoms with E-state index in [1.165, 1.54) is 24.1 Å². The van der Waals surface area contributed by atoms with Gasteiger partial charge in [-0.3, -0.25) is 19.7 Å². The van der Waals surface area contributed by atoms with Crippen molar-refractivity contribution in [2.45, 2.75) is 38.1 Å². The Bertz CT molecular complexity index is 1420. The first-order valence-electron chi connectivity index (χ1n) is 13.0. The van der Waals surface area contributed by atoms with E-state index in [1.807, 2.05) is 26.5 Å². The minimum absolute atomic E-state index is 0.293. The molecule has 0 saturated heterocycles. The van der Waals surface area contributed by atoms with Crippen LogP contribution in [-0.4, -0.2) is 48.5 Å². The number of halogens is 1. The number of nitrogens with zero attached hydrogens (tertiary/aromatic N) is 4. The van der Waals surface area contributed by atoms with Gasteiger partial charge in [0.05, 0.1) is 42.6 Å². The van der Waals surface area contributed by atoms with Crippen molar-refractivity contribution in [3.63, 3.8) is 0 Å². The van der Waals surface area contributed by atoms with Crippen LogP contribution in [0.2, 0.25) is 0 Å². The lowest BCUT2D eigenvalue weighted by Crippen LogP contribution is -2.31. The highest BCUT2D eigenvalue weighted by atomic mass is 19.1. The number of aromatic nitrogens is 3. The molecule has 3 heterocycles. The quantitative estimate of drug-likeness (QED) is 0.305. The minimum atomic E-state index is -0.425. The van der Waals surface area contributed by atoms with E-state index in [9.17, 15) is 9.18 Å². The Hall–Kier alpha value is -4.11. The number of nitrogens with one attached hydrogen (secondary N) is 1. The second-order valence-corrected chi connectivity index (χ2v) is 9.93. The number of carbonyl (C=O) groups excluding carboxylic acids is 1. The fraction of sp³-hybridized carbons (Fsp3) is 0.333. The zero-order valence-corrected chi connectivity index (χ0v) is 22.8. The summed E-state index contributed by atoms with van der Waals surface area (Å²) in [4.78, 5) is 25.3. The van der Waals surface area contributed by atoms with E-state index in [1.54, 1.807) is 42.7 Å². The van der Waals surface area contributed by atoms with Gasteiger partial charge in [-0.2, -0.15) is 0 Å². The summed E-state index contributed by atoms with van der Waals surface area (Å²) in [5, 5.41) is 3.51. The Kier molecular flexibility index (Phi) is 9.03. The van der Waals surface area contributed by atoms with Gasteiger partial charge in [0.2, 0.25) is 0 Å². The Morgan fingerprint density at radius 1 is 1.10 bits per heavy atom. The molecular weight excluding hydrogens is 495 g/mol. The molecule has 0 aliphatic heterocycles. The molecule has 1 aromatic carbocycles. The molecule has 9 heteroatoms. The molecule has 0 spiro atoms. The van der Waals surface area contributed by atoms with Crippen molar-refractivity contribution in [2.24, 2.45) is 11.7 Å². The molecule has 1 aliphatic carbocycles.